The van der Waals surface area contributed by atoms with Crippen LogP contribution in [0.25, 0.3) is 0 Å². The topological polar surface area (TPSA) is 78.4 Å². The van der Waals surface area contributed by atoms with E-state index in [0.717, 1.165) is 0 Å². The number of anilines is 1. The Morgan fingerprint density at radius 1 is 1.40 bits per heavy atom. The van der Waals surface area contributed by atoms with Crippen molar-refractivity contribution < 1.29 is 19.1 Å². The number of para-hydroxylation sites is 1. The average Bonchev–Trinajstić information content (AvgIpc) is 2.39. The highest BCUT2D eigenvalue weighted by Gasteiger charge is 2.25. The zero-order chi connectivity index (χ0) is 15.3. The van der Waals surface area contributed by atoms with Gasteiger partial charge in [0.1, 0.15) is 11.9 Å². The molecule has 0 saturated carbocycles. The summed E-state index contributed by atoms with van der Waals surface area (Å²) in [6.07, 6.45) is 0.607. The van der Waals surface area contributed by atoms with Crippen molar-refractivity contribution in [3.05, 3.63) is 29.6 Å². The van der Waals surface area contributed by atoms with Gasteiger partial charge in [-0.05, 0) is 24.5 Å². The molecule has 0 radical (unpaired) electrons. The van der Waals surface area contributed by atoms with Gasteiger partial charge in [-0.3, -0.25) is 0 Å². The first-order valence-corrected chi connectivity index (χ1v) is 6.42. The summed E-state index contributed by atoms with van der Waals surface area (Å²) in [6.45, 7) is 5.22. The van der Waals surface area contributed by atoms with E-state index in [1.165, 1.54) is 12.1 Å². The number of hydrogen-bond acceptors (Lipinski definition) is 2. The molecule has 1 aromatic carbocycles. The van der Waals surface area contributed by atoms with Gasteiger partial charge in [0, 0.05) is 0 Å². The number of urea groups is 1. The first-order valence-electron chi connectivity index (χ1n) is 6.42. The highest BCUT2D eigenvalue weighted by atomic mass is 19.1. The minimum Gasteiger partial charge on any atom is -0.480 e. The maximum absolute atomic E-state index is 13.6. The lowest BCUT2D eigenvalue weighted by Crippen LogP contribution is -2.46. The molecule has 0 aliphatic carbocycles. The molecule has 2 amide bonds. The van der Waals surface area contributed by atoms with Gasteiger partial charge in [-0.25, -0.2) is 14.0 Å². The molecule has 0 saturated heterocycles. The molecule has 0 fully saturated rings. The van der Waals surface area contributed by atoms with Gasteiger partial charge in [-0.15, -0.1) is 0 Å². The molecular formula is C14H19FN2O3. The molecule has 3 N–H and O–H groups in total. The van der Waals surface area contributed by atoms with Crippen LogP contribution in [0.15, 0.2) is 18.2 Å². The second-order valence-electron chi connectivity index (χ2n) is 4.73. The number of aryl methyl sites for hydroxylation is 1. The Morgan fingerprint density at radius 3 is 2.55 bits per heavy atom. The van der Waals surface area contributed by atoms with Crippen LogP contribution < -0.4 is 10.6 Å². The Hall–Kier alpha value is -2.11. The summed E-state index contributed by atoms with van der Waals surface area (Å²) in [5, 5.41) is 13.8. The molecule has 0 spiro atoms. The molecular weight excluding hydrogens is 263 g/mol. The number of amides is 2. The quantitative estimate of drug-likeness (QED) is 0.777. The molecule has 1 unspecified atom stereocenters. The van der Waals surface area contributed by atoms with E-state index in [0.29, 0.717) is 12.0 Å². The second kappa shape index (κ2) is 6.88. The van der Waals surface area contributed by atoms with Crippen LogP contribution in [-0.4, -0.2) is 23.1 Å². The minimum atomic E-state index is -1.11. The SMILES string of the molecule is CCC(C)[C@H](NC(=O)Nc1c(C)cccc1F)C(=O)O. The molecule has 0 aliphatic rings. The van der Waals surface area contributed by atoms with Crippen molar-refractivity contribution in [1.29, 1.82) is 0 Å². The molecule has 110 valence electrons. The number of aliphatic carboxylic acids is 1. The monoisotopic (exact) mass is 282 g/mol. The molecule has 1 aromatic rings. The fourth-order valence-corrected chi connectivity index (χ4v) is 1.76. The van der Waals surface area contributed by atoms with Crippen LogP contribution in [0.4, 0.5) is 14.9 Å². The molecule has 0 aliphatic heterocycles. The number of hydrogen-bond donors (Lipinski definition) is 3. The lowest BCUT2D eigenvalue weighted by atomic mass is 9.99. The van der Waals surface area contributed by atoms with Gasteiger partial charge < -0.3 is 15.7 Å². The van der Waals surface area contributed by atoms with Crippen LogP contribution in [0.3, 0.4) is 0 Å². The van der Waals surface area contributed by atoms with Crippen molar-refractivity contribution >= 4 is 17.7 Å². The number of halogens is 1. The largest absolute Gasteiger partial charge is 0.480 e. The molecule has 0 aromatic heterocycles. The van der Waals surface area contributed by atoms with Crippen molar-refractivity contribution in [3.63, 3.8) is 0 Å². The minimum absolute atomic E-state index is 0.0540. The molecule has 0 heterocycles. The summed E-state index contributed by atoms with van der Waals surface area (Å²) >= 11 is 0. The van der Waals surface area contributed by atoms with E-state index in [-0.39, 0.29) is 11.6 Å². The number of carboxylic acids is 1. The summed E-state index contributed by atoms with van der Waals surface area (Å²) in [7, 11) is 0. The summed E-state index contributed by atoms with van der Waals surface area (Å²) in [5.74, 6) is -1.89. The van der Waals surface area contributed by atoms with Crippen LogP contribution in [-0.2, 0) is 4.79 Å². The number of benzene rings is 1. The number of carboxylic acid groups (broad SMARTS) is 1. The number of rotatable bonds is 5. The van der Waals surface area contributed by atoms with E-state index < -0.39 is 23.9 Å². The first kappa shape index (κ1) is 15.9. The highest BCUT2D eigenvalue weighted by Crippen LogP contribution is 2.18. The van der Waals surface area contributed by atoms with Gasteiger partial charge in [0.05, 0.1) is 5.69 Å². The maximum Gasteiger partial charge on any atom is 0.326 e. The van der Waals surface area contributed by atoms with Gasteiger partial charge in [0.25, 0.3) is 0 Å². The molecule has 20 heavy (non-hydrogen) atoms. The van der Waals surface area contributed by atoms with Gasteiger partial charge in [-0.1, -0.05) is 32.4 Å². The van der Waals surface area contributed by atoms with Crippen LogP contribution >= 0.6 is 0 Å². The zero-order valence-corrected chi connectivity index (χ0v) is 11.7. The molecule has 2 atom stereocenters. The second-order valence-corrected chi connectivity index (χ2v) is 4.73. The Balaban J connectivity index is 2.79. The van der Waals surface area contributed by atoms with E-state index >= 15 is 0 Å². The van der Waals surface area contributed by atoms with Crippen LogP contribution in [0, 0.1) is 18.7 Å². The fraction of sp³-hybridized carbons (Fsp3) is 0.429. The lowest BCUT2D eigenvalue weighted by Gasteiger charge is -2.20. The van der Waals surface area contributed by atoms with Gasteiger partial charge in [0.2, 0.25) is 0 Å². The number of carbonyl (C=O) groups excluding carboxylic acids is 1. The highest BCUT2D eigenvalue weighted by molar-refractivity contribution is 5.93. The molecule has 0 bridgehead atoms. The normalized spacial score (nSPS) is 13.4. The van der Waals surface area contributed by atoms with E-state index in [1.807, 2.05) is 6.92 Å². The first-order chi connectivity index (χ1) is 9.36. The summed E-state index contributed by atoms with van der Waals surface area (Å²) in [6, 6.07) is 2.68. The molecule has 1 rings (SSSR count). The van der Waals surface area contributed by atoms with E-state index in [2.05, 4.69) is 10.6 Å². The number of carbonyl (C=O) groups is 2. The zero-order valence-electron chi connectivity index (χ0n) is 11.7. The third-order valence-corrected chi connectivity index (χ3v) is 3.23. The predicted octanol–water partition coefficient (Wildman–Crippen LogP) is 2.75. The maximum atomic E-state index is 13.6. The standard InChI is InChI=1S/C14H19FN2O3/c1-4-8(2)12(13(18)19)17-14(20)16-11-9(3)6-5-7-10(11)15/h5-8,12H,4H2,1-3H3,(H,18,19)(H2,16,17,20)/t8?,12-/m0/s1. The van der Waals surface area contributed by atoms with Crippen LogP contribution in [0.5, 0.6) is 0 Å². The van der Waals surface area contributed by atoms with E-state index in [4.69, 9.17) is 5.11 Å². The smallest absolute Gasteiger partial charge is 0.326 e. The molecule has 6 heteroatoms. The Kier molecular flexibility index (Phi) is 5.49. The Labute approximate surface area is 117 Å². The van der Waals surface area contributed by atoms with Gasteiger partial charge in [0.15, 0.2) is 0 Å². The fourth-order valence-electron chi connectivity index (χ4n) is 1.76. The summed E-state index contributed by atoms with van der Waals surface area (Å²) < 4.78 is 13.6. The third kappa shape index (κ3) is 3.94. The van der Waals surface area contributed by atoms with E-state index in [9.17, 15) is 14.0 Å². The van der Waals surface area contributed by atoms with E-state index in [1.54, 1.807) is 19.9 Å². The third-order valence-electron chi connectivity index (χ3n) is 3.23. The van der Waals surface area contributed by atoms with Crippen molar-refractivity contribution in [1.82, 2.24) is 5.32 Å². The van der Waals surface area contributed by atoms with Crippen molar-refractivity contribution in [2.45, 2.75) is 33.2 Å². The Bertz CT molecular complexity index is 485. The van der Waals surface area contributed by atoms with Gasteiger partial charge in [-0.2, -0.15) is 0 Å². The van der Waals surface area contributed by atoms with Gasteiger partial charge >= 0.3 is 12.0 Å². The van der Waals surface area contributed by atoms with Crippen molar-refractivity contribution in [2.75, 3.05) is 5.32 Å². The Morgan fingerprint density at radius 2 is 2.05 bits per heavy atom. The molecule has 5 nitrogen and oxygen atoms in total. The van der Waals surface area contributed by atoms with Crippen LogP contribution in [0.2, 0.25) is 0 Å². The van der Waals surface area contributed by atoms with Crippen molar-refractivity contribution in [3.8, 4) is 0 Å². The summed E-state index contributed by atoms with van der Waals surface area (Å²) in [4.78, 5) is 22.9. The lowest BCUT2D eigenvalue weighted by molar-refractivity contribution is -0.140. The average molecular weight is 282 g/mol. The number of nitrogens with one attached hydrogen (secondary N) is 2. The predicted molar refractivity (Wildman–Crippen MR) is 74.2 cm³/mol. The van der Waals surface area contributed by atoms with Crippen LogP contribution in [0.1, 0.15) is 25.8 Å². The summed E-state index contributed by atoms with van der Waals surface area (Å²) in [5.41, 5.74) is 0.619. The van der Waals surface area contributed by atoms with Crippen molar-refractivity contribution in [2.24, 2.45) is 5.92 Å².